The summed E-state index contributed by atoms with van der Waals surface area (Å²) in [6, 6.07) is 0.189. The SMILES string of the molecule is CC1(C)C2CNCC2CN1S(=O)(=O)NC1CC1. The van der Waals surface area contributed by atoms with Gasteiger partial charge in [0.2, 0.25) is 0 Å². The summed E-state index contributed by atoms with van der Waals surface area (Å²) in [6.45, 7) is 6.65. The van der Waals surface area contributed by atoms with E-state index in [1.807, 2.05) is 0 Å². The molecule has 2 unspecified atom stereocenters. The maximum atomic E-state index is 12.3. The van der Waals surface area contributed by atoms with Crippen molar-refractivity contribution in [1.82, 2.24) is 14.3 Å². The molecule has 0 amide bonds. The molecule has 2 saturated heterocycles. The van der Waals surface area contributed by atoms with Crippen molar-refractivity contribution in [1.29, 1.82) is 0 Å². The van der Waals surface area contributed by atoms with Gasteiger partial charge in [-0.15, -0.1) is 0 Å². The van der Waals surface area contributed by atoms with E-state index >= 15 is 0 Å². The Bertz CT molecular complexity index is 416. The van der Waals surface area contributed by atoms with Crippen molar-refractivity contribution in [2.75, 3.05) is 19.6 Å². The summed E-state index contributed by atoms with van der Waals surface area (Å²) in [5, 5.41) is 3.36. The maximum Gasteiger partial charge on any atom is 0.280 e. The summed E-state index contributed by atoms with van der Waals surface area (Å²) in [6.07, 6.45) is 1.98. The number of hydrogen-bond donors (Lipinski definition) is 2. The smallest absolute Gasteiger partial charge is 0.280 e. The van der Waals surface area contributed by atoms with E-state index in [2.05, 4.69) is 23.9 Å². The fraction of sp³-hybridized carbons (Fsp3) is 1.00. The summed E-state index contributed by atoms with van der Waals surface area (Å²) < 4.78 is 29.1. The average Bonchev–Trinajstić information content (AvgIpc) is 2.78. The second kappa shape index (κ2) is 3.66. The molecule has 1 aliphatic carbocycles. The van der Waals surface area contributed by atoms with Gasteiger partial charge in [0.05, 0.1) is 0 Å². The third-order valence-electron chi connectivity index (χ3n) is 4.47. The Kier molecular flexibility index (Phi) is 2.56. The third kappa shape index (κ3) is 1.91. The van der Waals surface area contributed by atoms with Crippen molar-refractivity contribution in [3.8, 4) is 0 Å². The van der Waals surface area contributed by atoms with Gasteiger partial charge in [0.25, 0.3) is 10.2 Å². The lowest BCUT2D eigenvalue weighted by molar-refractivity contribution is 0.231. The van der Waals surface area contributed by atoms with E-state index in [0.29, 0.717) is 18.4 Å². The second-order valence-electron chi connectivity index (χ2n) is 6.11. The Hall–Kier alpha value is -0.170. The van der Waals surface area contributed by atoms with Crippen LogP contribution in [0.15, 0.2) is 0 Å². The van der Waals surface area contributed by atoms with Crippen LogP contribution in [0.5, 0.6) is 0 Å². The maximum absolute atomic E-state index is 12.3. The zero-order chi connectivity index (χ0) is 12.3. The molecule has 0 aromatic carbocycles. The zero-order valence-corrected chi connectivity index (χ0v) is 11.3. The second-order valence-corrected chi connectivity index (χ2v) is 7.73. The number of fused-ring (bicyclic) bond motifs is 1. The van der Waals surface area contributed by atoms with Crippen LogP contribution in [0.25, 0.3) is 0 Å². The molecule has 3 aliphatic rings. The number of nitrogens with zero attached hydrogens (tertiary/aromatic N) is 1. The lowest BCUT2D eigenvalue weighted by atomic mass is 9.85. The monoisotopic (exact) mass is 259 g/mol. The van der Waals surface area contributed by atoms with E-state index in [1.54, 1.807) is 4.31 Å². The van der Waals surface area contributed by atoms with Crippen molar-refractivity contribution < 1.29 is 8.42 Å². The molecule has 0 bridgehead atoms. The van der Waals surface area contributed by atoms with Crippen LogP contribution < -0.4 is 10.0 Å². The highest BCUT2D eigenvalue weighted by atomic mass is 32.2. The van der Waals surface area contributed by atoms with Crippen LogP contribution in [0, 0.1) is 11.8 Å². The number of nitrogens with one attached hydrogen (secondary N) is 2. The van der Waals surface area contributed by atoms with Gasteiger partial charge in [0.15, 0.2) is 0 Å². The molecule has 6 heteroatoms. The van der Waals surface area contributed by atoms with Crippen LogP contribution in [0.2, 0.25) is 0 Å². The molecule has 2 aliphatic heterocycles. The molecule has 0 radical (unpaired) electrons. The molecule has 2 N–H and O–H groups in total. The molecular weight excluding hydrogens is 238 g/mol. The number of hydrogen-bond acceptors (Lipinski definition) is 3. The Labute approximate surface area is 103 Å². The van der Waals surface area contributed by atoms with Crippen LogP contribution in [-0.4, -0.2) is 43.9 Å². The average molecular weight is 259 g/mol. The third-order valence-corrected chi connectivity index (χ3v) is 6.30. The Morgan fingerprint density at radius 2 is 2.00 bits per heavy atom. The normalized spacial score (nSPS) is 37.3. The Morgan fingerprint density at radius 1 is 1.29 bits per heavy atom. The summed E-state index contributed by atoms with van der Waals surface area (Å²) in [5.74, 6) is 0.916. The van der Waals surface area contributed by atoms with Crippen molar-refractivity contribution in [3.05, 3.63) is 0 Å². The fourth-order valence-corrected chi connectivity index (χ4v) is 5.19. The minimum absolute atomic E-state index is 0.189. The highest BCUT2D eigenvalue weighted by Crippen LogP contribution is 2.42. The first-order valence-electron chi connectivity index (χ1n) is 6.42. The van der Waals surface area contributed by atoms with Gasteiger partial charge in [0.1, 0.15) is 0 Å². The lowest BCUT2D eigenvalue weighted by Crippen LogP contribution is -2.52. The molecule has 98 valence electrons. The molecule has 3 rings (SSSR count). The van der Waals surface area contributed by atoms with E-state index in [-0.39, 0.29) is 11.6 Å². The van der Waals surface area contributed by atoms with Gasteiger partial charge in [-0.1, -0.05) is 0 Å². The van der Waals surface area contributed by atoms with E-state index in [9.17, 15) is 8.42 Å². The molecule has 2 heterocycles. The molecule has 1 saturated carbocycles. The highest BCUT2D eigenvalue weighted by molar-refractivity contribution is 7.87. The number of rotatable bonds is 3. The molecule has 0 aromatic heterocycles. The first-order valence-corrected chi connectivity index (χ1v) is 7.86. The summed E-state index contributed by atoms with van der Waals surface area (Å²) in [7, 11) is -3.29. The van der Waals surface area contributed by atoms with E-state index in [0.717, 1.165) is 25.9 Å². The minimum atomic E-state index is -3.29. The van der Waals surface area contributed by atoms with Gasteiger partial charge in [-0.05, 0) is 45.1 Å². The molecule has 2 atom stereocenters. The lowest BCUT2D eigenvalue weighted by Gasteiger charge is -2.34. The van der Waals surface area contributed by atoms with Crippen LogP contribution in [-0.2, 0) is 10.2 Å². The molecule has 5 nitrogen and oxygen atoms in total. The van der Waals surface area contributed by atoms with Gasteiger partial charge < -0.3 is 5.32 Å². The molecule has 0 spiro atoms. The van der Waals surface area contributed by atoms with Crippen LogP contribution in [0.3, 0.4) is 0 Å². The molecule has 3 fully saturated rings. The first kappa shape index (κ1) is 11.9. The molecular formula is C11H21N3O2S. The van der Waals surface area contributed by atoms with Crippen molar-refractivity contribution in [2.24, 2.45) is 11.8 Å². The largest absolute Gasteiger partial charge is 0.316 e. The molecule has 0 aromatic rings. The minimum Gasteiger partial charge on any atom is -0.316 e. The van der Waals surface area contributed by atoms with Gasteiger partial charge >= 0.3 is 0 Å². The van der Waals surface area contributed by atoms with E-state index in [4.69, 9.17) is 0 Å². The van der Waals surface area contributed by atoms with Gasteiger partial charge in [-0.25, -0.2) is 0 Å². The summed E-state index contributed by atoms with van der Waals surface area (Å²) in [4.78, 5) is 0. The predicted octanol–water partition coefficient (Wildman–Crippen LogP) is -0.0870. The topological polar surface area (TPSA) is 61.4 Å². The summed E-state index contributed by atoms with van der Waals surface area (Å²) in [5.41, 5.74) is -0.269. The van der Waals surface area contributed by atoms with Crippen LogP contribution >= 0.6 is 0 Å². The zero-order valence-electron chi connectivity index (χ0n) is 10.4. The Balaban J connectivity index is 1.83. The fourth-order valence-electron chi connectivity index (χ4n) is 3.27. The molecule has 17 heavy (non-hydrogen) atoms. The van der Waals surface area contributed by atoms with E-state index < -0.39 is 10.2 Å². The quantitative estimate of drug-likeness (QED) is 0.745. The van der Waals surface area contributed by atoms with Crippen molar-refractivity contribution >= 4 is 10.2 Å². The van der Waals surface area contributed by atoms with Crippen molar-refractivity contribution in [2.45, 2.75) is 38.3 Å². The van der Waals surface area contributed by atoms with Crippen molar-refractivity contribution in [3.63, 3.8) is 0 Å². The Morgan fingerprint density at radius 3 is 2.59 bits per heavy atom. The van der Waals surface area contributed by atoms with Gasteiger partial charge in [-0.2, -0.15) is 17.4 Å². The summed E-state index contributed by atoms with van der Waals surface area (Å²) >= 11 is 0. The van der Waals surface area contributed by atoms with Gasteiger partial charge in [0, 0.05) is 24.7 Å². The van der Waals surface area contributed by atoms with Gasteiger partial charge in [-0.3, -0.25) is 0 Å². The highest BCUT2D eigenvalue weighted by Gasteiger charge is 2.54. The predicted molar refractivity (Wildman–Crippen MR) is 65.7 cm³/mol. The first-order chi connectivity index (χ1) is 7.91. The van der Waals surface area contributed by atoms with E-state index in [1.165, 1.54) is 0 Å². The van der Waals surface area contributed by atoms with Crippen LogP contribution in [0.4, 0.5) is 0 Å². The standard InChI is InChI=1S/C11H21N3O2S/c1-11(2)10-6-12-5-8(10)7-14(11)17(15,16)13-9-3-4-9/h8-10,12-13H,3-7H2,1-2H3. The van der Waals surface area contributed by atoms with Crippen LogP contribution in [0.1, 0.15) is 26.7 Å².